The number of hydrogen-bond donors (Lipinski definition) is 3. The van der Waals surface area contributed by atoms with E-state index in [2.05, 4.69) is 0 Å². The smallest absolute Gasteiger partial charge is 0.203 e. The van der Waals surface area contributed by atoms with Gasteiger partial charge in [0.2, 0.25) is 5.75 Å². The first-order valence-electron chi connectivity index (χ1n) is 4.46. The Kier molecular flexibility index (Phi) is 3.76. The van der Waals surface area contributed by atoms with Crippen molar-refractivity contribution in [1.82, 2.24) is 0 Å². The molecule has 0 saturated carbocycles. The topological polar surface area (TPSA) is 84.9 Å². The molecule has 0 saturated heterocycles. The maximum absolute atomic E-state index is 9.81. The molecule has 15 heavy (non-hydrogen) atoms. The van der Waals surface area contributed by atoms with Gasteiger partial charge in [-0.3, -0.25) is 0 Å². The van der Waals surface area contributed by atoms with E-state index in [0.717, 1.165) is 0 Å². The molecule has 0 radical (unpaired) electrons. The Morgan fingerprint density at radius 3 is 2.47 bits per heavy atom. The van der Waals surface area contributed by atoms with Crippen molar-refractivity contribution in [2.24, 2.45) is 5.73 Å². The molecular weight excluding hydrogens is 198 g/mol. The lowest BCUT2D eigenvalue weighted by atomic mass is 10.1. The Bertz CT molecular complexity index is 340. The number of methoxy groups -OCH3 is 2. The van der Waals surface area contributed by atoms with Crippen LogP contribution in [0.25, 0.3) is 0 Å². The fourth-order valence-electron chi connectivity index (χ4n) is 1.32. The summed E-state index contributed by atoms with van der Waals surface area (Å²) in [5.74, 6) is 0.543. The molecule has 4 N–H and O–H groups in total. The first-order chi connectivity index (χ1) is 7.15. The van der Waals surface area contributed by atoms with Crippen LogP contribution >= 0.6 is 0 Å². The molecular formula is C10H15NO4. The number of nitrogens with two attached hydrogens (primary N) is 1. The Balaban J connectivity index is 3.22. The number of benzene rings is 1. The lowest BCUT2D eigenvalue weighted by molar-refractivity contribution is 0.263. The number of rotatable bonds is 4. The predicted molar refractivity (Wildman–Crippen MR) is 55.2 cm³/mol. The molecule has 1 unspecified atom stereocenters. The molecule has 0 amide bonds. The van der Waals surface area contributed by atoms with Crippen LogP contribution in [0.3, 0.4) is 0 Å². The van der Waals surface area contributed by atoms with E-state index in [9.17, 15) is 5.11 Å². The zero-order valence-electron chi connectivity index (χ0n) is 8.73. The molecule has 0 heterocycles. The van der Waals surface area contributed by atoms with Gasteiger partial charge in [-0.25, -0.2) is 0 Å². The van der Waals surface area contributed by atoms with Crippen molar-refractivity contribution in [3.05, 3.63) is 17.7 Å². The van der Waals surface area contributed by atoms with E-state index in [4.69, 9.17) is 20.3 Å². The highest BCUT2D eigenvalue weighted by Gasteiger charge is 2.17. The number of ether oxygens (including phenoxy) is 2. The summed E-state index contributed by atoms with van der Waals surface area (Å²) >= 11 is 0. The third kappa shape index (κ3) is 2.14. The van der Waals surface area contributed by atoms with Gasteiger partial charge in [-0.15, -0.1) is 0 Å². The van der Waals surface area contributed by atoms with Crippen molar-refractivity contribution in [2.75, 3.05) is 20.8 Å². The number of phenolic OH excluding ortho intramolecular Hbond substituents is 1. The Morgan fingerprint density at radius 2 is 2.00 bits per heavy atom. The maximum Gasteiger partial charge on any atom is 0.203 e. The van der Waals surface area contributed by atoms with Gasteiger partial charge in [-0.2, -0.15) is 0 Å². The number of aliphatic hydroxyl groups excluding tert-OH is 1. The molecule has 0 spiro atoms. The summed E-state index contributed by atoms with van der Waals surface area (Å²) in [6, 6.07) is 2.59. The second-order valence-electron chi connectivity index (χ2n) is 3.03. The number of aromatic hydroxyl groups is 1. The largest absolute Gasteiger partial charge is 0.504 e. The molecule has 5 nitrogen and oxygen atoms in total. The monoisotopic (exact) mass is 213 g/mol. The summed E-state index contributed by atoms with van der Waals surface area (Å²) in [6.45, 7) is -0.247. The van der Waals surface area contributed by atoms with Crippen molar-refractivity contribution in [3.8, 4) is 17.2 Å². The highest BCUT2D eigenvalue weighted by molar-refractivity contribution is 5.55. The summed E-state index contributed by atoms with van der Waals surface area (Å²) in [4.78, 5) is 0. The Morgan fingerprint density at radius 1 is 1.33 bits per heavy atom. The average molecular weight is 213 g/mol. The molecule has 84 valence electrons. The molecule has 0 bridgehead atoms. The van der Waals surface area contributed by atoms with Crippen LogP contribution in [-0.2, 0) is 0 Å². The van der Waals surface area contributed by atoms with Gasteiger partial charge in [-0.05, 0) is 12.1 Å². The fourth-order valence-corrected chi connectivity index (χ4v) is 1.32. The van der Waals surface area contributed by atoms with Crippen LogP contribution in [-0.4, -0.2) is 31.0 Å². The van der Waals surface area contributed by atoms with Crippen molar-refractivity contribution in [2.45, 2.75) is 6.04 Å². The molecule has 0 aliphatic heterocycles. The minimum Gasteiger partial charge on any atom is -0.504 e. The molecule has 0 aromatic heterocycles. The van der Waals surface area contributed by atoms with Crippen molar-refractivity contribution >= 4 is 0 Å². The van der Waals surface area contributed by atoms with Crippen LogP contribution in [0.15, 0.2) is 12.1 Å². The van der Waals surface area contributed by atoms with Crippen LogP contribution in [0.2, 0.25) is 0 Å². The zero-order valence-corrected chi connectivity index (χ0v) is 8.73. The summed E-state index contributed by atoms with van der Waals surface area (Å²) in [7, 11) is 2.90. The second kappa shape index (κ2) is 4.86. The fraction of sp³-hybridized carbons (Fsp3) is 0.400. The standard InChI is InChI=1S/C10H15NO4/c1-14-8-4-3-6(7(11)5-12)9(13)10(8)15-2/h3-4,7,12-13H,5,11H2,1-2H3. The molecule has 1 aromatic rings. The summed E-state index contributed by atoms with van der Waals surface area (Å²) in [5, 5.41) is 18.7. The molecule has 1 atom stereocenters. The lowest BCUT2D eigenvalue weighted by Crippen LogP contribution is -2.14. The minimum absolute atomic E-state index is 0.0987. The van der Waals surface area contributed by atoms with E-state index in [1.165, 1.54) is 14.2 Å². The van der Waals surface area contributed by atoms with E-state index < -0.39 is 6.04 Å². The number of hydrogen-bond acceptors (Lipinski definition) is 5. The molecule has 1 aromatic carbocycles. The van der Waals surface area contributed by atoms with Gasteiger partial charge in [0.25, 0.3) is 0 Å². The van der Waals surface area contributed by atoms with Gasteiger partial charge < -0.3 is 25.4 Å². The SMILES string of the molecule is COc1ccc(C(N)CO)c(O)c1OC. The van der Waals surface area contributed by atoms with E-state index in [1.54, 1.807) is 12.1 Å². The molecule has 0 aliphatic rings. The Labute approximate surface area is 88.0 Å². The van der Waals surface area contributed by atoms with Crippen molar-refractivity contribution in [1.29, 1.82) is 0 Å². The average Bonchev–Trinajstić information content (AvgIpc) is 2.27. The minimum atomic E-state index is -0.634. The van der Waals surface area contributed by atoms with Crippen LogP contribution in [0.1, 0.15) is 11.6 Å². The van der Waals surface area contributed by atoms with E-state index in [-0.39, 0.29) is 18.1 Å². The van der Waals surface area contributed by atoms with E-state index in [1.807, 2.05) is 0 Å². The quantitative estimate of drug-likeness (QED) is 0.674. The van der Waals surface area contributed by atoms with Crippen LogP contribution in [0.5, 0.6) is 17.2 Å². The summed E-state index contributed by atoms with van der Waals surface area (Å²) in [5.41, 5.74) is 6.03. The van der Waals surface area contributed by atoms with Gasteiger partial charge in [0, 0.05) is 5.56 Å². The lowest BCUT2D eigenvalue weighted by Gasteiger charge is -2.15. The van der Waals surface area contributed by atoms with Crippen molar-refractivity contribution in [3.63, 3.8) is 0 Å². The molecule has 5 heteroatoms. The predicted octanol–water partition coefficient (Wildman–Crippen LogP) is 0.401. The Hall–Kier alpha value is -1.46. The second-order valence-corrected chi connectivity index (χ2v) is 3.03. The highest BCUT2D eigenvalue weighted by Crippen LogP contribution is 2.40. The van der Waals surface area contributed by atoms with E-state index in [0.29, 0.717) is 11.3 Å². The number of phenols is 1. The normalized spacial score (nSPS) is 12.3. The molecule has 0 fully saturated rings. The third-order valence-corrected chi connectivity index (χ3v) is 2.15. The maximum atomic E-state index is 9.81. The summed E-state index contributed by atoms with van der Waals surface area (Å²) in [6.07, 6.45) is 0. The van der Waals surface area contributed by atoms with Crippen LogP contribution in [0.4, 0.5) is 0 Å². The summed E-state index contributed by atoms with van der Waals surface area (Å²) < 4.78 is 9.99. The van der Waals surface area contributed by atoms with E-state index >= 15 is 0 Å². The van der Waals surface area contributed by atoms with Gasteiger partial charge in [-0.1, -0.05) is 0 Å². The molecule has 1 rings (SSSR count). The van der Waals surface area contributed by atoms with Gasteiger partial charge in [0.15, 0.2) is 11.5 Å². The highest BCUT2D eigenvalue weighted by atomic mass is 16.5. The van der Waals surface area contributed by atoms with Crippen LogP contribution in [0, 0.1) is 0 Å². The van der Waals surface area contributed by atoms with Gasteiger partial charge >= 0.3 is 0 Å². The third-order valence-electron chi connectivity index (χ3n) is 2.15. The molecule has 0 aliphatic carbocycles. The zero-order chi connectivity index (χ0) is 11.4. The first kappa shape index (κ1) is 11.6. The van der Waals surface area contributed by atoms with Crippen LogP contribution < -0.4 is 15.2 Å². The van der Waals surface area contributed by atoms with Gasteiger partial charge in [0.1, 0.15) is 0 Å². The van der Waals surface area contributed by atoms with Crippen molar-refractivity contribution < 1.29 is 19.7 Å². The first-order valence-corrected chi connectivity index (χ1v) is 4.46. The number of aliphatic hydroxyl groups is 1. The van der Waals surface area contributed by atoms with Gasteiger partial charge in [0.05, 0.1) is 26.9 Å².